The number of rotatable bonds is 3. The van der Waals surface area contributed by atoms with E-state index in [4.69, 9.17) is 15.3 Å². The second-order valence-electron chi connectivity index (χ2n) is 3.70. The van der Waals surface area contributed by atoms with E-state index in [0.717, 1.165) is 11.4 Å². The Morgan fingerprint density at radius 1 is 1.25 bits per heavy atom. The Morgan fingerprint density at radius 2 is 1.71 bits per heavy atom. The minimum Gasteiger partial charge on any atom is -0.519 e. The molecule has 0 aromatic carbocycles. The van der Waals surface area contributed by atoms with Crippen LogP contribution in [0.2, 0.25) is 0 Å². The molecule has 0 saturated heterocycles. The molecule has 1 N–H and O–H groups in total. The summed E-state index contributed by atoms with van der Waals surface area (Å²) in [6.45, 7) is 0. The molecule has 2 aromatic heterocycles. The molecule has 0 atom stereocenters. The zero-order valence-corrected chi connectivity index (χ0v) is 17.4. The number of hydrogen-bond donors (Lipinski definition) is 1. The fraction of sp³-hybridized carbons (Fsp3) is 0.0769. The van der Waals surface area contributed by atoms with Crippen LogP contribution in [-0.2, 0) is 31.7 Å². The molecule has 122 valence electrons. The Hall–Kier alpha value is -1.97. The van der Waals surface area contributed by atoms with Crippen molar-refractivity contribution in [2.75, 3.05) is 6.26 Å². The van der Waals surface area contributed by atoms with E-state index >= 15 is 0 Å². The van der Waals surface area contributed by atoms with Gasteiger partial charge in [0.25, 0.3) is 5.09 Å². The average molecular weight is 417 g/mol. The first kappa shape index (κ1) is 22.0. The predicted molar refractivity (Wildman–Crippen MR) is 93.5 cm³/mol. The molecule has 0 radical (unpaired) electrons. The van der Waals surface area contributed by atoms with Crippen LogP contribution in [0, 0.1) is 10.1 Å². The van der Waals surface area contributed by atoms with Gasteiger partial charge in [0.15, 0.2) is 16.5 Å². The maximum atomic E-state index is 8.36. The normalized spacial score (nSPS) is 8.71. The molecule has 0 amide bonds. The summed E-state index contributed by atoms with van der Waals surface area (Å²) in [5.74, 6) is 0. The van der Waals surface area contributed by atoms with Gasteiger partial charge in [-0.1, -0.05) is 23.9 Å². The second-order valence-corrected chi connectivity index (χ2v) is 5.22. The molecule has 0 aliphatic rings. The van der Waals surface area contributed by atoms with Crippen LogP contribution in [0.1, 0.15) is 11.4 Å². The standard InChI is InChI=1S/C13H12N4S2.HNO3.Zn/c1-19-13(18)17-16-12(10-6-2-4-8-14-10)11-7-3-5-9-15-11;2-1(3)4;/h2-9H,1H3,(H,14,15,17,18);(H,2,3,4);. The van der Waals surface area contributed by atoms with Gasteiger partial charge in [0.2, 0.25) is 0 Å². The van der Waals surface area contributed by atoms with Gasteiger partial charge in [-0.3, -0.25) is 9.97 Å². The zero-order chi connectivity index (χ0) is 17.1. The third kappa shape index (κ3) is 8.61. The number of hydrogen-bond acceptors (Lipinski definition) is 6. The van der Waals surface area contributed by atoms with Crippen LogP contribution in [0.3, 0.4) is 0 Å². The van der Waals surface area contributed by atoms with Gasteiger partial charge in [-0.2, -0.15) is 0 Å². The maximum absolute atomic E-state index is 8.36. The molecule has 8 nitrogen and oxygen atoms in total. The largest absolute Gasteiger partial charge is 0.519 e. The van der Waals surface area contributed by atoms with Gasteiger partial charge in [0.05, 0.1) is 17.1 Å². The van der Waals surface area contributed by atoms with Crippen LogP contribution in [0.4, 0.5) is 0 Å². The monoisotopic (exact) mass is 415 g/mol. The topological polar surface area (TPSA) is 116 Å². The summed E-state index contributed by atoms with van der Waals surface area (Å²) in [6.07, 6.45) is 5.32. The van der Waals surface area contributed by atoms with Crippen molar-refractivity contribution < 1.29 is 29.8 Å². The minimum atomic E-state index is -1.50. The Kier molecular flexibility index (Phi) is 11.4. The van der Waals surface area contributed by atoms with Gasteiger partial charge >= 0.3 is 0 Å². The first-order valence-electron chi connectivity index (χ1n) is 6.09. The van der Waals surface area contributed by atoms with Crippen molar-refractivity contribution in [3.8, 4) is 0 Å². The summed E-state index contributed by atoms with van der Waals surface area (Å²) < 4.78 is 0.587. The quantitative estimate of drug-likeness (QED) is 0.155. The summed E-state index contributed by atoms with van der Waals surface area (Å²) in [5.41, 5.74) is 6.13. The first-order chi connectivity index (χ1) is 11.0. The van der Waals surface area contributed by atoms with Gasteiger partial charge in [-0.15, -0.1) is 10.1 Å². The Labute approximate surface area is 160 Å². The molecule has 2 heterocycles. The van der Waals surface area contributed by atoms with Crippen molar-refractivity contribution >= 4 is 34.0 Å². The van der Waals surface area contributed by atoms with E-state index in [1.807, 2.05) is 42.7 Å². The minimum absolute atomic E-state index is 0. The van der Waals surface area contributed by atoms with E-state index in [1.165, 1.54) is 11.8 Å². The molecule has 0 fully saturated rings. The van der Waals surface area contributed by atoms with Crippen molar-refractivity contribution in [3.63, 3.8) is 0 Å². The summed E-state index contributed by atoms with van der Waals surface area (Å²) in [6, 6.07) is 11.3. The summed E-state index contributed by atoms with van der Waals surface area (Å²) in [4.78, 5) is 16.9. The van der Waals surface area contributed by atoms with Crippen molar-refractivity contribution in [2.45, 2.75) is 0 Å². The number of aromatic nitrogens is 2. The SMILES string of the molecule is CSC(=[SH+])[N-]N=C(c1ccccn1)c1ccccn1.O=[N+]([O-])O.[Zn]. The Balaban J connectivity index is 0.000000954. The van der Waals surface area contributed by atoms with E-state index in [0.29, 0.717) is 10.0 Å². The molecular weight excluding hydrogens is 404 g/mol. The third-order valence-corrected chi connectivity index (χ3v) is 3.32. The summed E-state index contributed by atoms with van der Waals surface area (Å²) in [5, 5.41) is 17.9. The predicted octanol–water partition coefficient (Wildman–Crippen LogP) is 1.98. The molecule has 24 heavy (non-hydrogen) atoms. The fourth-order valence-electron chi connectivity index (χ4n) is 1.37. The fourth-order valence-corrected chi connectivity index (χ4v) is 1.54. The van der Waals surface area contributed by atoms with Crippen LogP contribution < -0.4 is 0 Å². The van der Waals surface area contributed by atoms with Gasteiger partial charge < -0.3 is 15.7 Å². The molecule has 0 spiro atoms. The van der Waals surface area contributed by atoms with Crippen LogP contribution in [0.5, 0.6) is 0 Å². The van der Waals surface area contributed by atoms with Gasteiger partial charge in [-0.25, -0.2) is 0 Å². The molecule has 2 rings (SSSR count). The summed E-state index contributed by atoms with van der Waals surface area (Å²) >= 11 is 5.62. The number of nitrogens with zero attached hydrogens (tertiary/aromatic N) is 5. The van der Waals surface area contributed by atoms with Gasteiger partial charge in [0.1, 0.15) is 0 Å². The molecule has 0 saturated carbocycles. The van der Waals surface area contributed by atoms with E-state index in [2.05, 4.69) is 32.7 Å². The van der Waals surface area contributed by atoms with Crippen LogP contribution >= 0.6 is 11.8 Å². The zero-order valence-electron chi connectivity index (χ0n) is 12.7. The van der Waals surface area contributed by atoms with Crippen LogP contribution in [0.15, 0.2) is 53.9 Å². The molecule has 0 bridgehead atoms. The van der Waals surface area contributed by atoms with Crippen LogP contribution in [-0.4, -0.2) is 36.5 Å². The second kappa shape index (κ2) is 12.5. The molecule has 0 aliphatic heterocycles. The van der Waals surface area contributed by atoms with E-state index < -0.39 is 5.09 Å². The van der Waals surface area contributed by atoms with E-state index in [9.17, 15) is 0 Å². The number of thioether (sulfide) groups is 1. The van der Waals surface area contributed by atoms with E-state index in [-0.39, 0.29) is 19.5 Å². The van der Waals surface area contributed by atoms with Crippen molar-refractivity contribution in [1.82, 2.24) is 9.97 Å². The molecule has 11 heteroatoms. The molecule has 2 aromatic rings. The Bertz CT molecular complexity index is 628. The van der Waals surface area contributed by atoms with E-state index in [1.54, 1.807) is 12.4 Å². The van der Waals surface area contributed by atoms with Crippen molar-refractivity contribution in [2.24, 2.45) is 5.10 Å². The average Bonchev–Trinajstić information content (AvgIpc) is 2.56. The molecule has 0 aliphatic carbocycles. The Morgan fingerprint density at radius 3 is 2.04 bits per heavy atom. The van der Waals surface area contributed by atoms with Crippen molar-refractivity contribution in [1.29, 1.82) is 0 Å². The summed E-state index contributed by atoms with van der Waals surface area (Å²) in [7, 11) is 0. The van der Waals surface area contributed by atoms with Crippen molar-refractivity contribution in [3.05, 3.63) is 75.7 Å². The number of thiol groups is 1. The van der Waals surface area contributed by atoms with Gasteiger partial charge in [-0.05, 0) is 30.5 Å². The smallest absolute Gasteiger partial charge is 0.291 e. The number of pyridine rings is 2. The van der Waals surface area contributed by atoms with Gasteiger partial charge in [0, 0.05) is 31.9 Å². The first-order valence-corrected chi connectivity index (χ1v) is 7.76. The third-order valence-electron chi connectivity index (χ3n) is 2.23. The maximum Gasteiger partial charge on any atom is 0.291 e. The molecular formula is C13H13N5O3S2Zn. The van der Waals surface area contributed by atoms with Crippen LogP contribution in [0.25, 0.3) is 5.43 Å². The molecule has 0 unspecified atom stereocenters.